The van der Waals surface area contributed by atoms with Crippen LogP contribution in [-0.2, 0) is 12.8 Å². The normalized spacial score (nSPS) is 12.0. The van der Waals surface area contributed by atoms with Gasteiger partial charge in [0.15, 0.2) is 11.0 Å². The molecule has 25 heavy (non-hydrogen) atoms. The maximum Gasteiger partial charge on any atom is 0.192 e. The third-order valence-corrected chi connectivity index (χ3v) is 6.77. The predicted octanol–water partition coefficient (Wildman–Crippen LogP) is 5.91. The van der Waals surface area contributed by atoms with Gasteiger partial charge in [0, 0.05) is 19.0 Å². The number of benzene rings is 2. The monoisotopic (exact) mass is 354 g/mol. The molecule has 1 unspecified atom stereocenters. The van der Waals surface area contributed by atoms with Crippen LogP contribution in [0.25, 0.3) is 0 Å². The molecule has 0 radical (unpaired) electrons. The molecular weight excluding hydrogens is 327 g/mol. The van der Waals surface area contributed by atoms with E-state index in [1.54, 1.807) is 0 Å². The van der Waals surface area contributed by atoms with E-state index in [4.69, 9.17) is 0 Å². The van der Waals surface area contributed by atoms with Gasteiger partial charge in [-0.05, 0) is 55.1 Å². The smallest absolute Gasteiger partial charge is 0.192 e. The van der Waals surface area contributed by atoms with Gasteiger partial charge in [0.25, 0.3) is 0 Å². The average molecular weight is 354 g/mol. The van der Waals surface area contributed by atoms with Crippen molar-refractivity contribution in [2.75, 3.05) is 6.16 Å². The van der Waals surface area contributed by atoms with Crippen molar-refractivity contribution in [1.82, 2.24) is 0 Å². The molecular formula is C22H27O2P. The van der Waals surface area contributed by atoms with Gasteiger partial charge in [-0.2, -0.15) is 0 Å². The fourth-order valence-corrected chi connectivity index (χ4v) is 5.26. The Balaban J connectivity index is 2.52. The molecule has 2 aromatic rings. The number of carbonyl (C=O) groups is 2. The minimum Gasteiger partial charge on any atom is -0.289 e. The standard InChI is InChI=1S/C22H27O2P/c1-6-17-13-10-14-18(7-2)20(17)22(24)25(8-3)21(23)19-15(4)11-9-12-16(19)5/h9-14H,6-8H2,1-5H3. The number of hydrogen-bond donors (Lipinski definition) is 0. The molecule has 0 saturated carbocycles. The Labute approximate surface area is 152 Å². The highest BCUT2D eigenvalue weighted by molar-refractivity contribution is 7.90. The highest BCUT2D eigenvalue weighted by Crippen LogP contribution is 2.45. The van der Waals surface area contributed by atoms with Gasteiger partial charge in [-0.15, -0.1) is 0 Å². The molecule has 2 nitrogen and oxygen atoms in total. The van der Waals surface area contributed by atoms with Crippen LogP contribution in [0.2, 0.25) is 0 Å². The second-order valence-corrected chi connectivity index (χ2v) is 8.58. The summed E-state index contributed by atoms with van der Waals surface area (Å²) >= 11 is 0. The van der Waals surface area contributed by atoms with Crippen LogP contribution in [0.3, 0.4) is 0 Å². The van der Waals surface area contributed by atoms with Crippen molar-refractivity contribution in [3.63, 3.8) is 0 Å². The molecule has 0 amide bonds. The molecule has 0 heterocycles. The lowest BCUT2D eigenvalue weighted by atomic mass is 9.98. The summed E-state index contributed by atoms with van der Waals surface area (Å²) in [4.78, 5) is 26.6. The van der Waals surface area contributed by atoms with Crippen LogP contribution in [0.15, 0.2) is 36.4 Å². The SMILES string of the molecule is CCc1cccc(CC)c1C(=O)P(CC)C(=O)c1c(C)cccc1C. The van der Waals surface area contributed by atoms with Gasteiger partial charge < -0.3 is 0 Å². The van der Waals surface area contributed by atoms with E-state index in [2.05, 4.69) is 13.8 Å². The number of hydrogen-bond acceptors (Lipinski definition) is 2. The first-order valence-corrected chi connectivity index (χ1v) is 10.5. The third kappa shape index (κ3) is 3.90. The van der Waals surface area contributed by atoms with Crippen molar-refractivity contribution in [2.45, 2.75) is 47.5 Å². The Morgan fingerprint density at radius 3 is 1.64 bits per heavy atom. The fraction of sp³-hybridized carbons (Fsp3) is 0.364. The minimum absolute atomic E-state index is 0.0195. The Morgan fingerprint density at radius 2 is 1.20 bits per heavy atom. The van der Waals surface area contributed by atoms with Crippen molar-refractivity contribution >= 4 is 19.0 Å². The van der Waals surface area contributed by atoms with Crippen LogP contribution >= 0.6 is 7.92 Å². The maximum atomic E-state index is 13.4. The van der Waals surface area contributed by atoms with Crippen molar-refractivity contribution in [3.8, 4) is 0 Å². The van der Waals surface area contributed by atoms with Crippen LogP contribution in [0.1, 0.15) is 63.7 Å². The van der Waals surface area contributed by atoms with Gasteiger partial charge in [0.2, 0.25) is 0 Å². The molecule has 3 heteroatoms. The van der Waals surface area contributed by atoms with E-state index in [1.807, 2.05) is 57.2 Å². The summed E-state index contributed by atoms with van der Waals surface area (Å²) in [6.45, 7) is 9.98. The van der Waals surface area contributed by atoms with Gasteiger partial charge in [-0.25, -0.2) is 0 Å². The first-order valence-electron chi connectivity index (χ1n) is 8.99. The summed E-state index contributed by atoms with van der Waals surface area (Å²) < 4.78 is 0. The van der Waals surface area contributed by atoms with Crippen molar-refractivity contribution in [3.05, 3.63) is 69.8 Å². The molecule has 0 spiro atoms. The summed E-state index contributed by atoms with van der Waals surface area (Å²) in [6.07, 6.45) is 2.20. The Morgan fingerprint density at radius 1 is 0.760 bits per heavy atom. The zero-order chi connectivity index (χ0) is 18.6. The Bertz CT molecular complexity index is 750. The number of carbonyl (C=O) groups excluding carboxylic acids is 2. The predicted molar refractivity (Wildman–Crippen MR) is 107 cm³/mol. The van der Waals surface area contributed by atoms with Gasteiger partial charge in [-0.3, -0.25) is 9.59 Å². The van der Waals surface area contributed by atoms with Crippen molar-refractivity contribution < 1.29 is 9.59 Å². The summed E-state index contributed by atoms with van der Waals surface area (Å²) in [7, 11) is -1.39. The van der Waals surface area contributed by atoms with Crippen LogP contribution in [0, 0.1) is 13.8 Å². The van der Waals surface area contributed by atoms with Crippen molar-refractivity contribution in [1.29, 1.82) is 0 Å². The molecule has 0 aromatic heterocycles. The maximum absolute atomic E-state index is 13.4. The molecule has 2 rings (SSSR count). The lowest BCUT2D eigenvalue weighted by molar-refractivity contribution is 0.105. The molecule has 0 N–H and O–H groups in total. The molecule has 0 aliphatic carbocycles. The minimum atomic E-state index is -1.39. The lowest BCUT2D eigenvalue weighted by Crippen LogP contribution is -2.14. The van der Waals surface area contributed by atoms with Gasteiger partial charge in [0.05, 0.1) is 0 Å². The average Bonchev–Trinajstić information content (AvgIpc) is 2.61. The zero-order valence-corrected chi connectivity index (χ0v) is 16.7. The molecule has 0 saturated heterocycles. The quantitative estimate of drug-likeness (QED) is 0.579. The highest BCUT2D eigenvalue weighted by atomic mass is 31.1. The van der Waals surface area contributed by atoms with Crippen molar-refractivity contribution in [2.24, 2.45) is 0 Å². The van der Waals surface area contributed by atoms with E-state index in [0.717, 1.165) is 46.2 Å². The summed E-state index contributed by atoms with van der Waals surface area (Å²) in [5, 5.41) is 0. The number of rotatable bonds is 7. The van der Waals surface area contributed by atoms with Crippen LogP contribution in [-0.4, -0.2) is 17.2 Å². The topological polar surface area (TPSA) is 34.1 Å². The van der Waals surface area contributed by atoms with E-state index >= 15 is 0 Å². The molecule has 0 bridgehead atoms. The van der Waals surface area contributed by atoms with Gasteiger partial charge >= 0.3 is 0 Å². The first kappa shape index (κ1) is 19.5. The molecule has 1 atom stereocenters. The van der Waals surface area contributed by atoms with Crippen LogP contribution in [0.5, 0.6) is 0 Å². The molecule has 2 aromatic carbocycles. The molecule has 132 valence electrons. The molecule has 0 aliphatic rings. The Kier molecular flexibility index (Phi) is 6.67. The lowest BCUT2D eigenvalue weighted by Gasteiger charge is -2.19. The molecule has 0 aliphatic heterocycles. The van der Waals surface area contributed by atoms with Crippen LogP contribution < -0.4 is 0 Å². The highest BCUT2D eigenvalue weighted by Gasteiger charge is 2.30. The van der Waals surface area contributed by atoms with Crippen LogP contribution in [0.4, 0.5) is 0 Å². The third-order valence-electron chi connectivity index (χ3n) is 4.71. The number of aryl methyl sites for hydroxylation is 4. The van der Waals surface area contributed by atoms with E-state index in [9.17, 15) is 9.59 Å². The Hall–Kier alpha value is -1.79. The van der Waals surface area contributed by atoms with Gasteiger partial charge in [0.1, 0.15) is 0 Å². The van der Waals surface area contributed by atoms with Gasteiger partial charge in [-0.1, -0.05) is 57.2 Å². The van der Waals surface area contributed by atoms with E-state index in [0.29, 0.717) is 6.16 Å². The fourth-order valence-electron chi connectivity index (χ4n) is 3.32. The first-order chi connectivity index (χ1) is 12.0. The molecule has 0 fully saturated rings. The summed E-state index contributed by atoms with van der Waals surface area (Å²) in [5.41, 5.74) is 5.61. The zero-order valence-electron chi connectivity index (χ0n) is 15.8. The van der Waals surface area contributed by atoms with E-state index in [-0.39, 0.29) is 11.0 Å². The summed E-state index contributed by atoms with van der Waals surface area (Å²) in [6, 6.07) is 11.9. The van der Waals surface area contributed by atoms with E-state index < -0.39 is 7.92 Å². The summed E-state index contributed by atoms with van der Waals surface area (Å²) in [5.74, 6) is 0. The van der Waals surface area contributed by atoms with E-state index in [1.165, 1.54) is 0 Å². The second-order valence-electron chi connectivity index (χ2n) is 6.28. The second kappa shape index (κ2) is 8.54. The largest absolute Gasteiger partial charge is 0.289 e.